The molecular weight excluding hydrogens is 539 g/mol. The van der Waals surface area contributed by atoms with Gasteiger partial charge in [0.15, 0.2) is 0 Å². The summed E-state index contributed by atoms with van der Waals surface area (Å²) < 4.78 is 46.0. The molecule has 0 spiro atoms. The van der Waals surface area contributed by atoms with E-state index in [4.69, 9.17) is 0 Å². The largest absolute Gasteiger partial charge is 0.573 e. The average molecular weight is 578 g/mol. The third-order valence-corrected chi connectivity index (χ3v) is 7.37. The number of anilines is 1. The number of amides is 3. The maximum atomic E-state index is 13.5. The standard InChI is InChI=1S/C30H38F3N3O5/c1-29(2,3)22-9-13-24(14-10-22)36(28(39)35-23-11-15-25(16-12-23)41-30(31,32)33)19-20-5-7-21(8-6-20)27(38)34-18-17-26(37)40-4/h5-8,11-12,15-16,22,24H,9-10,13-14,17-19H2,1-4H3,(H,34,38)(H,35,39)/t22-,24-. The molecule has 0 heterocycles. The highest BCUT2D eigenvalue weighted by Gasteiger charge is 2.34. The first-order valence-corrected chi connectivity index (χ1v) is 13.6. The molecule has 224 valence electrons. The zero-order chi connectivity index (χ0) is 30.2. The Balaban J connectivity index is 1.71. The molecule has 1 aliphatic rings. The van der Waals surface area contributed by atoms with Gasteiger partial charge in [0.2, 0.25) is 0 Å². The Kier molecular flexibility index (Phi) is 10.6. The van der Waals surface area contributed by atoms with Crippen molar-refractivity contribution in [1.82, 2.24) is 10.2 Å². The van der Waals surface area contributed by atoms with Gasteiger partial charge in [0, 0.05) is 30.4 Å². The lowest BCUT2D eigenvalue weighted by Gasteiger charge is -2.41. The van der Waals surface area contributed by atoms with E-state index < -0.39 is 12.3 Å². The Morgan fingerprint density at radius 2 is 1.54 bits per heavy atom. The number of esters is 1. The van der Waals surface area contributed by atoms with Gasteiger partial charge in [-0.1, -0.05) is 32.9 Å². The average Bonchev–Trinajstić information content (AvgIpc) is 2.91. The van der Waals surface area contributed by atoms with Gasteiger partial charge in [-0.15, -0.1) is 13.2 Å². The van der Waals surface area contributed by atoms with Gasteiger partial charge in [-0.2, -0.15) is 0 Å². The fourth-order valence-electron chi connectivity index (χ4n) is 5.00. The van der Waals surface area contributed by atoms with Crippen LogP contribution < -0.4 is 15.4 Å². The van der Waals surface area contributed by atoms with E-state index in [1.165, 1.54) is 19.2 Å². The van der Waals surface area contributed by atoms with E-state index in [0.29, 0.717) is 17.2 Å². The molecule has 1 saturated carbocycles. The van der Waals surface area contributed by atoms with Crippen LogP contribution >= 0.6 is 0 Å². The van der Waals surface area contributed by atoms with E-state index in [1.54, 1.807) is 29.2 Å². The molecule has 0 atom stereocenters. The quantitative estimate of drug-likeness (QED) is 0.331. The number of halogens is 3. The molecule has 41 heavy (non-hydrogen) atoms. The lowest BCUT2D eigenvalue weighted by molar-refractivity contribution is -0.274. The first kappa shape index (κ1) is 31.8. The van der Waals surface area contributed by atoms with Gasteiger partial charge >= 0.3 is 18.4 Å². The predicted octanol–water partition coefficient (Wildman–Crippen LogP) is 6.52. The first-order chi connectivity index (χ1) is 19.2. The number of benzene rings is 2. The lowest BCUT2D eigenvalue weighted by Crippen LogP contribution is -2.45. The van der Waals surface area contributed by atoms with Crippen LogP contribution in [0.1, 0.15) is 68.8 Å². The Hall–Kier alpha value is -3.76. The van der Waals surface area contributed by atoms with E-state index in [9.17, 15) is 27.6 Å². The van der Waals surface area contributed by atoms with Crippen molar-refractivity contribution < 1.29 is 37.0 Å². The van der Waals surface area contributed by atoms with Crippen molar-refractivity contribution in [1.29, 1.82) is 0 Å². The van der Waals surface area contributed by atoms with Gasteiger partial charge in [-0.25, -0.2) is 4.79 Å². The summed E-state index contributed by atoms with van der Waals surface area (Å²) in [5.74, 6) is -0.571. The van der Waals surface area contributed by atoms with Crippen LogP contribution in [0.5, 0.6) is 5.75 Å². The molecule has 1 aliphatic carbocycles. The minimum atomic E-state index is -4.80. The number of carbonyl (C=O) groups excluding carboxylic acids is 3. The molecule has 3 rings (SSSR count). The molecule has 3 amide bonds. The number of nitrogens with zero attached hydrogens (tertiary/aromatic N) is 1. The minimum Gasteiger partial charge on any atom is -0.469 e. The number of hydrogen-bond donors (Lipinski definition) is 2. The third kappa shape index (κ3) is 9.98. The van der Waals surface area contributed by atoms with Crippen LogP contribution in [-0.2, 0) is 16.1 Å². The van der Waals surface area contributed by atoms with Crippen LogP contribution in [0.25, 0.3) is 0 Å². The van der Waals surface area contributed by atoms with Crippen LogP contribution in [0.2, 0.25) is 0 Å². The fourth-order valence-corrected chi connectivity index (χ4v) is 5.00. The van der Waals surface area contributed by atoms with Gasteiger partial charge in [0.1, 0.15) is 5.75 Å². The van der Waals surface area contributed by atoms with Gasteiger partial charge < -0.3 is 25.0 Å². The number of ether oxygens (including phenoxy) is 2. The summed E-state index contributed by atoms with van der Waals surface area (Å²) in [5.41, 5.74) is 1.75. The van der Waals surface area contributed by atoms with Crippen LogP contribution in [0.3, 0.4) is 0 Å². The van der Waals surface area contributed by atoms with Crippen LogP contribution in [-0.4, -0.2) is 48.9 Å². The molecule has 2 aromatic rings. The fraction of sp³-hybridized carbons (Fsp3) is 0.500. The molecular formula is C30H38F3N3O5. The van der Waals surface area contributed by atoms with E-state index in [1.807, 2.05) is 0 Å². The predicted molar refractivity (Wildman–Crippen MR) is 148 cm³/mol. The minimum absolute atomic E-state index is 0.0252. The van der Waals surface area contributed by atoms with Crippen molar-refractivity contribution in [2.45, 2.75) is 71.8 Å². The number of alkyl halides is 3. The highest BCUT2D eigenvalue weighted by Crippen LogP contribution is 2.39. The van der Waals surface area contributed by atoms with Crippen molar-refractivity contribution in [3.63, 3.8) is 0 Å². The normalized spacial score (nSPS) is 17.3. The Morgan fingerprint density at radius 1 is 0.927 bits per heavy atom. The van der Waals surface area contributed by atoms with Gasteiger partial charge in [-0.05, 0) is 79.0 Å². The van der Waals surface area contributed by atoms with Crippen molar-refractivity contribution in [3.8, 4) is 5.75 Å². The van der Waals surface area contributed by atoms with Crippen LogP contribution in [0.15, 0.2) is 48.5 Å². The molecule has 0 bridgehead atoms. The molecule has 8 nitrogen and oxygen atoms in total. The second-order valence-electron chi connectivity index (χ2n) is 11.3. The summed E-state index contributed by atoms with van der Waals surface area (Å²) in [4.78, 5) is 38.9. The Bertz CT molecular complexity index is 1170. The summed E-state index contributed by atoms with van der Waals surface area (Å²) in [6.45, 7) is 7.11. The summed E-state index contributed by atoms with van der Waals surface area (Å²) >= 11 is 0. The van der Waals surface area contributed by atoms with Crippen LogP contribution in [0, 0.1) is 11.3 Å². The van der Waals surface area contributed by atoms with Crippen molar-refractivity contribution in [2.24, 2.45) is 11.3 Å². The third-order valence-electron chi connectivity index (χ3n) is 7.37. The van der Waals surface area contributed by atoms with E-state index in [0.717, 1.165) is 43.4 Å². The van der Waals surface area contributed by atoms with Gasteiger partial charge in [0.05, 0.1) is 13.5 Å². The molecule has 11 heteroatoms. The summed E-state index contributed by atoms with van der Waals surface area (Å²) in [6, 6.07) is 11.5. The topological polar surface area (TPSA) is 97.0 Å². The number of rotatable bonds is 9. The SMILES string of the molecule is COC(=O)CCNC(=O)c1ccc(CN(C(=O)Nc2ccc(OC(F)(F)F)cc2)[C@H]2CC[C@H](C(C)(C)C)CC2)cc1. The molecule has 0 saturated heterocycles. The van der Waals surface area contributed by atoms with Gasteiger partial charge in [0.25, 0.3) is 5.91 Å². The molecule has 2 N–H and O–H groups in total. The molecule has 1 fully saturated rings. The van der Waals surface area contributed by atoms with E-state index in [-0.39, 0.29) is 48.7 Å². The number of hydrogen-bond acceptors (Lipinski definition) is 5. The Morgan fingerprint density at radius 3 is 2.07 bits per heavy atom. The zero-order valence-electron chi connectivity index (χ0n) is 23.8. The maximum absolute atomic E-state index is 13.5. The lowest BCUT2D eigenvalue weighted by atomic mass is 9.71. The van der Waals surface area contributed by atoms with Crippen molar-refractivity contribution >= 4 is 23.6 Å². The summed E-state index contributed by atoms with van der Waals surface area (Å²) in [5, 5.41) is 5.47. The van der Waals surface area contributed by atoms with E-state index in [2.05, 4.69) is 40.9 Å². The van der Waals surface area contributed by atoms with E-state index >= 15 is 0 Å². The molecule has 0 aliphatic heterocycles. The maximum Gasteiger partial charge on any atom is 0.573 e. The summed E-state index contributed by atoms with van der Waals surface area (Å²) in [6.07, 6.45) is -1.12. The number of carbonyl (C=O) groups is 3. The second-order valence-corrected chi connectivity index (χ2v) is 11.3. The van der Waals surface area contributed by atoms with Crippen molar-refractivity contribution in [2.75, 3.05) is 19.0 Å². The number of nitrogens with one attached hydrogen (secondary N) is 2. The molecule has 0 aromatic heterocycles. The molecule has 2 aromatic carbocycles. The Labute approximate surface area is 238 Å². The second kappa shape index (κ2) is 13.7. The first-order valence-electron chi connectivity index (χ1n) is 13.6. The zero-order valence-corrected chi connectivity index (χ0v) is 23.8. The molecule has 0 unspecified atom stereocenters. The van der Waals surface area contributed by atoms with Crippen molar-refractivity contribution in [3.05, 3.63) is 59.7 Å². The number of methoxy groups -OCH3 is 1. The smallest absolute Gasteiger partial charge is 0.469 e. The molecule has 0 radical (unpaired) electrons. The van der Waals surface area contributed by atoms with Crippen LogP contribution in [0.4, 0.5) is 23.7 Å². The highest BCUT2D eigenvalue weighted by atomic mass is 19.4. The highest BCUT2D eigenvalue weighted by molar-refractivity contribution is 5.94. The monoisotopic (exact) mass is 577 g/mol. The summed E-state index contributed by atoms with van der Waals surface area (Å²) in [7, 11) is 1.28. The van der Waals surface area contributed by atoms with Gasteiger partial charge in [-0.3, -0.25) is 9.59 Å². The number of urea groups is 1.